The highest BCUT2D eigenvalue weighted by Gasteiger charge is 2.16. The van der Waals surface area contributed by atoms with Crippen LogP contribution in [-0.4, -0.2) is 31.5 Å². The van der Waals surface area contributed by atoms with Crippen LogP contribution in [0.25, 0.3) is 11.4 Å². The van der Waals surface area contributed by atoms with Crippen molar-refractivity contribution in [1.29, 1.82) is 0 Å². The minimum atomic E-state index is -0.428. The Bertz CT molecular complexity index is 857. The second kappa shape index (κ2) is 7.08. The van der Waals surface area contributed by atoms with Gasteiger partial charge in [-0.1, -0.05) is 17.3 Å². The average Bonchev–Trinajstić information content (AvgIpc) is 3.09. The maximum absolute atomic E-state index is 13.8. The van der Waals surface area contributed by atoms with Crippen LogP contribution in [0.1, 0.15) is 0 Å². The Morgan fingerprint density at radius 2 is 1.68 bits per heavy atom. The number of anilines is 2. The normalized spacial score (nSPS) is 10.4. The summed E-state index contributed by atoms with van der Waals surface area (Å²) in [5.41, 5.74) is 0.836. The molecule has 0 saturated carbocycles. The Hall–Kier alpha value is -3.29. The summed E-state index contributed by atoms with van der Waals surface area (Å²) in [7, 11) is 4.56. The topological polar surface area (TPSA) is 78.6 Å². The summed E-state index contributed by atoms with van der Waals surface area (Å²) in [6, 6.07) is 9.67. The van der Waals surface area contributed by atoms with E-state index in [0.717, 1.165) is 0 Å². The standard InChI is InChI=1S/C17H16FN3O4/c1-22-13-8-10(9-14(23-2)15(13)24-3)19-17-20-16(21-25-17)11-6-4-5-7-12(11)18/h4-9H,1-3H3,(H,19,20,21). The highest BCUT2D eigenvalue weighted by Crippen LogP contribution is 2.40. The second-order valence-electron chi connectivity index (χ2n) is 4.94. The molecule has 1 N–H and O–H groups in total. The van der Waals surface area contributed by atoms with Crippen LogP contribution in [0.15, 0.2) is 40.9 Å². The number of nitrogens with one attached hydrogen (secondary N) is 1. The molecule has 2 aromatic carbocycles. The number of halogens is 1. The van der Waals surface area contributed by atoms with Gasteiger partial charge in [0.05, 0.1) is 32.6 Å². The van der Waals surface area contributed by atoms with Crippen LogP contribution < -0.4 is 19.5 Å². The maximum atomic E-state index is 13.8. The molecular formula is C17H16FN3O4. The van der Waals surface area contributed by atoms with Gasteiger partial charge < -0.3 is 24.1 Å². The molecule has 1 aromatic heterocycles. The van der Waals surface area contributed by atoms with Crippen molar-refractivity contribution in [3.05, 3.63) is 42.2 Å². The maximum Gasteiger partial charge on any atom is 0.326 e. The van der Waals surface area contributed by atoms with E-state index in [1.165, 1.54) is 27.4 Å². The van der Waals surface area contributed by atoms with Crippen LogP contribution in [0, 0.1) is 5.82 Å². The largest absolute Gasteiger partial charge is 0.493 e. The van der Waals surface area contributed by atoms with Gasteiger partial charge in [0.1, 0.15) is 5.82 Å². The van der Waals surface area contributed by atoms with Gasteiger partial charge in [0.25, 0.3) is 0 Å². The molecule has 0 amide bonds. The number of rotatable bonds is 6. The van der Waals surface area contributed by atoms with Gasteiger partial charge >= 0.3 is 6.01 Å². The van der Waals surface area contributed by atoms with Gasteiger partial charge in [0.2, 0.25) is 11.6 Å². The molecule has 0 radical (unpaired) electrons. The molecule has 0 spiro atoms. The molecule has 25 heavy (non-hydrogen) atoms. The Labute approximate surface area is 143 Å². The number of hydrogen-bond donors (Lipinski definition) is 1. The van der Waals surface area contributed by atoms with E-state index >= 15 is 0 Å². The molecule has 0 aliphatic carbocycles. The number of benzene rings is 2. The molecule has 1 heterocycles. The molecule has 7 nitrogen and oxygen atoms in total. The zero-order valence-electron chi connectivity index (χ0n) is 13.9. The number of aromatic nitrogens is 2. The summed E-state index contributed by atoms with van der Waals surface area (Å²) in [6.07, 6.45) is 0. The average molecular weight is 345 g/mol. The number of hydrogen-bond acceptors (Lipinski definition) is 7. The highest BCUT2D eigenvalue weighted by atomic mass is 19.1. The van der Waals surface area contributed by atoms with E-state index in [0.29, 0.717) is 22.9 Å². The Morgan fingerprint density at radius 3 is 2.28 bits per heavy atom. The second-order valence-corrected chi connectivity index (χ2v) is 4.94. The molecule has 0 aliphatic heterocycles. The van der Waals surface area contributed by atoms with Crippen LogP contribution in [0.5, 0.6) is 17.2 Å². The van der Waals surface area contributed by atoms with Gasteiger partial charge in [0.15, 0.2) is 11.5 Å². The molecule has 0 aliphatic rings. The zero-order valence-corrected chi connectivity index (χ0v) is 13.9. The quantitative estimate of drug-likeness (QED) is 0.730. The molecular weight excluding hydrogens is 329 g/mol. The molecule has 0 bridgehead atoms. The van der Waals surface area contributed by atoms with E-state index < -0.39 is 5.82 Å². The van der Waals surface area contributed by atoms with Crippen LogP contribution in [0.4, 0.5) is 16.1 Å². The van der Waals surface area contributed by atoms with E-state index in [4.69, 9.17) is 18.7 Å². The smallest absolute Gasteiger partial charge is 0.326 e. The highest BCUT2D eigenvalue weighted by molar-refractivity contribution is 5.66. The van der Waals surface area contributed by atoms with E-state index in [-0.39, 0.29) is 17.4 Å². The molecule has 0 unspecified atom stereocenters. The van der Waals surface area contributed by atoms with Crippen molar-refractivity contribution in [1.82, 2.24) is 10.1 Å². The van der Waals surface area contributed by atoms with Gasteiger partial charge in [-0.3, -0.25) is 0 Å². The van der Waals surface area contributed by atoms with Crippen molar-refractivity contribution in [3.63, 3.8) is 0 Å². The number of ether oxygens (including phenoxy) is 3. The molecule has 3 aromatic rings. The fourth-order valence-corrected chi connectivity index (χ4v) is 2.30. The lowest BCUT2D eigenvalue weighted by Gasteiger charge is -2.13. The molecule has 130 valence electrons. The van der Waals surface area contributed by atoms with Gasteiger partial charge in [-0.25, -0.2) is 4.39 Å². The van der Waals surface area contributed by atoms with Crippen molar-refractivity contribution in [2.24, 2.45) is 0 Å². The third kappa shape index (κ3) is 3.32. The van der Waals surface area contributed by atoms with Crippen LogP contribution in [-0.2, 0) is 0 Å². The lowest BCUT2D eigenvalue weighted by atomic mass is 10.2. The van der Waals surface area contributed by atoms with Crippen molar-refractivity contribution in [2.75, 3.05) is 26.6 Å². The van der Waals surface area contributed by atoms with Crippen molar-refractivity contribution in [3.8, 4) is 28.6 Å². The predicted octanol–water partition coefficient (Wildman–Crippen LogP) is 3.65. The van der Waals surface area contributed by atoms with Gasteiger partial charge in [-0.15, -0.1) is 0 Å². The fourth-order valence-electron chi connectivity index (χ4n) is 2.30. The molecule has 3 rings (SSSR count). The zero-order chi connectivity index (χ0) is 17.8. The Kier molecular flexibility index (Phi) is 4.69. The van der Waals surface area contributed by atoms with Crippen molar-refractivity contribution < 1.29 is 23.1 Å². The van der Waals surface area contributed by atoms with Crippen LogP contribution in [0.3, 0.4) is 0 Å². The number of nitrogens with zero attached hydrogens (tertiary/aromatic N) is 2. The summed E-state index contributed by atoms with van der Waals surface area (Å²) < 4.78 is 34.8. The SMILES string of the molecule is COc1cc(Nc2nc(-c3ccccc3F)no2)cc(OC)c1OC. The van der Waals surface area contributed by atoms with Gasteiger partial charge in [-0.05, 0) is 12.1 Å². The fraction of sp³-hybridized carbons (Fsp3) is 0.176. The van der Waals surface area contributed by atoms with Gasteiger partial charge in [-0.2, -0.15) is 4.98 Å². The lowest BCUT2D eigenvalue weighted by Crippen LogP contribution is -1.98. The van der Waals surface area contributed by atoms with Crippen LogP contribution >= 0.6 is 0 Å². The minimum absolute atomic E-state index is 0.104. The van der Waals surface area contributed by atoms with E-state index in [1.807, 2.05) is 0 Å². The van der Waals surface area contributed by atoms with Gasteiger partial charge in [0, 0.05) is 12.1 Å². The van der Waals surface area contributed by atoms with E-state index in [1.54, 1.807) is 30.3 Å². The lowest BCUT2D eigenvalue weighted by molar-refractivity contribution is 0.324. The number of methoxy groups -OCH3 is 3. The molecule has 0 atom stereocenters. The summed E-state index contributed by atoms with van der Waals surface area (Å²) in [4.78, 5) is 4.15. The first-order valence-corrected chi connectivity index (χ1v) is 7.32. The van der Waals surface area contributed by atoms with Crippen molar-refractivity contribution in [2.45, 2.75) is 0 Å². The Balaban J connectivity index is 1.90. The third-order valence-electron chi connectivity index (χ3n) is 3.46. The first kappa shape index (κ1) is 16.6. The van der Waals surface area contributed by atoms with Crippen LogP contribution in [0.2, 0.25) is 0 Å². The monoisotopic (exact) mass is 345 g/mol. The summed E-state index contributed by atoms with van der Waals surface area (Å²) in [6.45, 7) is 0. The molecule has 8 heteroatoms. The first-order chi connectivity index (χ1) is 12.2. The van der Waals surface area contributed by atoms with E-state index in [2.05, 4.69) is 15.5 Å². The summed E-state index contributed by atoms with van der Waals surface area (Å²) >= 11 is 0. The third-order valence-corrected chi connectivity index (χ3v) is 3.46. The molecule has 0 saturated heterocycles. The summed E-state index contributed by atoms with van der Waals surface area (Å²) in [5.74, 6) is 1.13. The van der Waals surface area contributed by atoms with Crippen molar-refractivity contribution >= 4 is 11.7 Å². The Morgan fingerprint density at radius 1 is 1.00 bits per heavy atom. The predicted molar refractivity (Wildman–Crippen MR) is 89.1 cm³/mol. The molecule has 0 fully saturated rings. The minimum Gasteiger partial charge on any atom is -0.493 e. The summed E-state index contributed by atoms with van der Waals surface area (Å²) in [5, 5.41) is 6.72. The van der Waals surface area contributed by atoms with E-state index in [9.17, 15) is 4.39 Å². The first-order valence-electron chi connectivity index (χ1n) is 7.32.